The fourth-order valence-electron chi connectivity index (χ4n) is 2.82. The Kier molecular flexibility index (Phi) is 2.90. The molecule has 0 spiro atoms. The Bertz CT molecular complexity index is 1050. The van der Waals surface area contributed by atoms with Gasteiger partial charge in [0.25, 0.3) is 0 Å². The third kappa shape index (κ3) is 2.34. The molecule has 0 atom stereocenters. The van der Waals surface area contributed by atoms with Gasteiger partial charge in [0.1, 0.15) is 12.4 Å². The number of carbonyl (C=O) groups is 1. The fourth-order valence-corrected chi connectivity index (χ4v) is 2.82. The summed E-state index contributed by atoms with van der Waals surface area (Å²) in [5.74, 6) is -0.703. The molecule has 0 fully saturated rings. The first-order valence-corrected chi connectivity index (χ1v) is 7.13. The van der Waals surface area contributed by atoms with E-state index >= 15 is 0 Å². The van der Waals surface area contributed by atoms with E-state index in [9.17, 15) is 9.18 Å². The standard InChI is InChI=1S/C17H13FN4O/c18-12-2-3-13-14(7-20-16(13)6-12)10-1-4-15-11(5-10)8-22(21-15)9-17(19)23/h1-8,20H,9H2,(H2,19,23). The molecule has 114 valence electrons. The van der Waals surface area contributed by atoms with E-state index in [0.29, 0.717) is 0 Å². The molecule has 2 aromatic heterocycles. The lowest BCUT2D eigenvalue weighted by Gasteiger charge is -2.00. The molecule has 4 aromatic rings. The van der Waals surface area contributed by atoms with Crippen LogP contribution >= 0.6 is 0 Å². The van der Waals surface area contributed by atoms with Crippen LogP contribution in [0.5, 0.6) is 0 Å². The van der Waals surface area contributed by atoms with Crippen LogP contribution < -0.4 is 5.73 Å². The van der Waals surface area contributed by atoms with E-state index in [2.05, 4.69) is 10.1 Å². The molecular weight excluding hydrogens is 295 g/mol. The maximum atomic E-state index is 13.3. The van der Waals surface area contributed by atoms with Crippen LogP contribution in [0.2, 0.25) is 0 Å². The monoisotopic (exact) mass is 308 g/mol. The molecule has 2 heterocycles. The van der Waals surface area contributed by atoms with Gasteiger partial charge in [-0.1, -0.05) is 6.07 Å². The minimum atomic E-state index is -0.434. The molecule has 23 heavy (non-hydrogen) atoms. The molecule has 6 heteroatoms. The first-order valence-electron chi connectivity index (χ1n) is 7.13. The Balaban J connectivity index is 1.82. The van der Waals surface area contributed by atoms with Crippen molar-refractivity contribution >= 4 is 27.7 Å². The fraction of sp³-hybridized carbons (Fsp3) is 0.0588. The lowest BCUT2D eigenvalue weighted by Crippen LogP contribution is -2.18. The normalized spacial score (nSPS) is 11.3. The number of nitrogens with zero attached hydrogens (tertiary/aromatic N) is 2. The summed E-state index contributed by atoms with van der Waals surface area (Å²) in [7, 11) is 0. The summed E-state index contributed by atoms with van der Waals surface area (Å²) in [6, 6.07) is 10.5. The molecule has 0 bridgehead atoms. The zero-order valence-corrected chi connectivity index (χ0v) is 12.1. The van der Waals surface area contributed by atoms with Gasteiger partial charge in [0, 0.05) is 34.2 Å². The van der Waals surface area contributed by atoms with Gasteiger partial charge >= 0.3 is 0 Å². The molecule has 0 saturated carbocycles. The number of benzene rings is 2. The van der Waals surface area contributed by atoms with Gasteiger partial charge < -0.3 is 10.7 Å². The number of amides is 1. The first kappa shape index (κ1) is 13.5. The molecule has 0 unspecified atom stereocenters. The summed E-state index contributed by atoms with van der Waals surface area (Å²) in [5, 5.41) is 6.18. The van der Waals surface area contributed by atoms with Crippen molar-refractivity contribution in [3.8, 4) is 11.1 Å². The lowest BCUT2D eigenvalue weighted by molar-refractivity contribution is -0.118. The van der Waals surface area contributed by atoms with Crippen LogP contribution in [0.25, 0.3) is 32.9 Å². The van der Waals surface area contributed by atoms with Crippen LogP contribution in [-0.4, -0.2) is 20.7 Å². The topological polar surface area (TPSA) is 76.7 Å². The predicted molar refractivity (Wildman–Crippen MR) is 86.2 cm³/mol. The largest absolute Gasteiger partial charge is 0.368 e. The molecular formula is C17H13FN4O. The lowest BCUT2D eigenvalue weighted by atomic mass is 10.0. The number of aromatic nitrogens is 3. The SMILES string of the molecule is NC(=O)Cn1cc2cc(-c3c[nH]c4cc(F)ccc34)ccc2n1. The zero-order chi connectivity index (χ0) is 16.0. The Hall–Kier alpha value is -3.15. The van der Waals surface area contributed by atoms with E-state index in [1.807, 2.05) is 24.4 Å². The number of rotatable bonds is 3. The second kappa shape index (κ2) is 4.95. The summed E-state index contributed by atoms with van der Waals surface area (Å²) in [6.45, 7) is 0.0520. The summed E-state index contributed by atoms with van der Waals surface area (Å²) in [5.41, 5.74) is 8.72. The number of hydrogen-bond donors (Lipinski definition) is 2. The minimum absolute atomic E-state index is 0.0520. The second-order valence-corrected chi connectivity index (χ2v) is 5.46. The molecule has 0 aliphatic rings. The van der Waals surface area contributed by atoms with Crippen LogP contribution in [0.4, 0.5) is 4.39 Å². The summed E-state index contributed by atoms with van der Waals surface area (Å²) < 4.78 is 14.8. The van der Waals surface area contributed by atoms with Crippen LogP contribution in [0.3, 0.4) is 0 Å². The molecule has 0 radical (unpaired) electrons. The molecule has 2 aromatic carbocycles. The highest BCUT2D eigenvalue weighted by atomic mass is 19.1. The maximum absolute atomic E-state index is 13.3. The molecule has 3 N–H and O–H groups in total. The van der Waals surface area contributed by atoms with Crippen LogP contribution in [0.1, 0.15) is 0 Å². The summed E-state index contributed by atoms with van der Waals surface area (Å²) >= 11 is 0. The Morgan fingerprint density at radius 2 is 2.13 bits per heavy atom. The van der Waals surface area contributed by atoms with E-state index < -0.39 is 5.91 Å². The van der Waals surface area contributed by atoms with E-state index in [0.717, 1.165) is 32.9 Å². The molecule has 0 aliphatic heterocycles. The van der Waals surface area contributed by atoms with Gasteiger partial charge in [-0.3, -0.25) is 9.48 Å². The molecule has 1 amide bonds. The molecule has 0 saturated heterocycles. The van der Waals surface area contributed by atoms with Crippen LogP contribution in [0, 0.1) is 5.82 Å². The van der Waals surface area contributed by atoms with Gasteiger partial charge in [0.15, 0.2) is 0 Å². The third-order valence-corrected chi connectivity index (χ3v) is 3.82. The van der Waals surface area contributed by atoms with Crippen molar-refractivity contribution < 1.29 is 9.18 Å². The highest BCUT2D eigenvalue weighted by molar-refractivity contribution is 5.97. The number of halogens is 1. The zero-order valence-electron chi connectivity index (χ0n) is 12.1. The number of H-pyrrole nitrogens is 1. The molecule has 5 nitrogen and oxygen atoms in total. The van der Waals surface area contributed by atoms with Crippen LogP contribution in [-0.2, 0) is 11.3 Å². The van der Waals surface area contributed by atoms with Crippen molar-refractivity contribution in [1.29, 1.82) is 0 Å². The average Bonchev–Trinajstić information content (AvgIpc) is 3.08. The van der Waals surface area contributed by atoms with Gasteiger partial charge in [-0.25, -0.2) is 4.39 Å². The number of fused-ring (bicyclic) bond motifs is 2. The second-order valence-electron chi connectivity index (χ2n) is 5.46. The summed E-state index contributed by atoms with van der Waals surface area (Å²) in [4.78, 5) is 14.1. The van der Waals surface area contributed by atoms with Gasteiger partial charge in [0.05, 0.1) is 5.52 Å². The summed E-state index contributed by atoms with van der Waals surface area (Å²) in [6.07, 6.45) is 3.65. The average molecular weight is 308 g/mol. The van der Waals surface area contributed by atoms with Gasteiger partial charge in [0.2, 0.25) is 5.91 Å². The van der Waals surface area contributed by atoms with Gasteiger partial charge in [-0.05, 0) is 35.9 Å². The Labute approximate surface area is 130 Å². The van der Waals surface area contributed by atoms with Crippen molar-refractivity contribution in [2.24, 2.45) is 5.73 Å². The minimum Gasteiger partial charge on any atom is -0.368 e. The van der Waals surface area contributed by atoms with E-state index in [4.69, 9.17) is 5.73 Å². The number of carbonyl (C=O) groups excluding carboxylic acids is 1. The number of nitrogens with two attached hydrogens (primary N) is 1. The highest BCUT2D eigenvalue weighted by Crippen LogP contribution is 2.30. The highest BCUT2D eigenvalue weighted by Gasteiger charge is 2.09. The quantitative estimate of drug-likeness (QED) is 0.610. The smallest absolute Gasteiger partial charge is 0.239 e. The number of hydrogen-bond acceptors (Lipinski definition) is 2. The third-order valence-electron chi connectivity index (χ3n) is 3.82. The number of aromatic amines is 1. The van der Waals surface area contributed by atoms with Crippen molar-refractivity contribution in [1.82, 2.24) is 14.8 Å². The van der Waals surface area contributed by atoms with Crippen molar-refractivity contribution in [2.45, 2.75) is 6.54 Å². The van der Waals surface area contributed by atoms with Gasteiger partial charge in [-0.2, -0.15) is 5.10 Å². The van der Waals surface area contributed by atoms with E-state index in [-0.39, 0.29) is 12.4 Å². The first-order chi connectivity index (χ1) is 11.1. The van der Waals surface area contributed by atoms with Crippen molar-refractivity contribution in [2.75, 3.05) is 0 Å². The predicted octanol–water partition coefficient (Wildman–Crippen LogP) is 2.81. The molecule has 4 rings (SSSR count). The van der Waals surface area contributed by atoms with E-state index in [1.165, 1.54) is 16.8 Å². The van der Waals surface area contributed by atoms with Crippen molar-refractivity contribution in [3.63, 3.8) is 0 Å². The Morgan fingerprint density at radius 1 is 1.26 bits per heavy atom. The molecule has 0 aliphatic carbocycles. The number of nitrogens with one attached hydrogen (secondary N) is 1. The number of primary amides is 1. The van der Waals surface area contributed by atoms with E-state index in [1.54, 1.807) is 12.3 Å². The Morgan fingerprint density at radius 3 is 2.96 bits per heavy atom. The van der Waals surface area contributed by atoms with Crippen molar-refractivity contribution in [3.05, 3.63) is 54.6 Å². The van der Waals surface area contributed by atoms with Crippen LogP contribution in [0.15, 0.2) is 48.8 Å². The van der Waals surface area contributed by atoms with Gasteiger partial charge in [-0.15, -0.1) is 0 Å². The maximum Gasteiger partial charge on any atom is 0.239 e.